The van der Waals surface area contributed by atoms with Crippen LogP contribution >= 0.6 is 11.6 Å². The lowest BCUT2D eigenvalue weighted by Crippen LogP contribution is -2.48. The molecule has 114 valence electrons. The monoisotopic (exact) mass is 308 g/mol. The van der Waals surface area contributed by atoms with Gasteiger partial charge in [0.05, 0.1) is 0 Å². The molecule has 0 aliphatic carbocycles. The van der Waals surface area contributed by atoms with Gasteiger partial charge in [0.15, 0.2) is 5.78 Å². The highest BCUT2D eigenvalue weighted by atomic mass is 35.5. The lowest BCUT2D eigenvalue weighted by Gasteiger charge is -2.34. The Morgan fingerprint density at radius 1 is 1.05 bits per heavy atom. The van der Waals surface area contributed by atoms with Gasteiger partial charge in [-0.25, -0.2) is 0 Å². The van der Waals surface area contributed by atoms with Crippen molar-refractivity contribution in [3.8, 4) is 0 Å². The Labute approximate surface area is 130 Å². The van der Waals surface area contributed by atoms with Crippen LogP contribution in [0, 0.1) is 0 Å². The fourth-order valence-corrected chi connectivity index (χ4v) is 2.60. The van der Waals surface area contributed by atoms with E-state index in [0.717, 1.165) is 32.7 Å². The van der Waals surface area contributed by atoms with Crippen LogP contribution in [-0.2, 0) is 4.79 Å². The molecule has 1 heterocycles. The Morgan fingerprint density at radius 2 is 1.67 bits per heavy atom. The summed E-state index contributed by atoms with van der Waals surface area (Å²) < 4.78 is 0. The van der Waals surface area contributed by atoms with E-state index in [9.17, 15) is 9.59 Å². The Kier molecular flexibility index (Phi) is 5.76. The van der Waals surface area contributed by atoms with Gasteiger partial charge in [0.25, 0.3) is 0 Å². The number of hydrogen-bond donors (Lipinski definition) is 0. The normalized spacial score (nSPS) is 16.0. The number of carbonyl (C=O) groups excluding carboxylic acids is 2. The number of piperazine rings is 1. The van der Waals surface area contributed by atoms with Gasteiger partial charge in [-0.15, -0.1) is 0 Å². The highest BCUT2D eigenvalue weighted by Gasteiger charge is 2.20. The molecule has 1 amide bonds. The summed E-state index contributed by atoms with van der Waals surface area (Å²) in [7, 11) is 0. The predicted octanol–water partition coefficient (Wildman–Crippen LogP) is 2.47. The largest absolute Gasteiger partial charge is 0.340 e. The number of ketones is 1. The fraction of sp³-hybridized carbons (Fsp3) is 0.500. The molecule has 1 aliphatic rings. The van der Waals surface area contributed by atoms with E-state index in [1.165, 1.54) is 0 Å². The lowest BCUT2D eigenvalue weighted by molar-refractivity contribution is -0.132. The van der Waals surface area contributed by atoms with Crippen molar-refractivity contribution in [3.63, 3.8) is 0 Å². The smallest absolute Gasteiger partial charge is 0.223 e. The second-order valence-corrected chi connectivity index (χ2v) is 5.68. The quantitative estimate of drug-likeness (QED) is 0.785. The van der Waals surface area contributed by atoms with E-state index < -0.39 is 0 Å². The summed E-state index contributed by atoms with van der Waals surface area (Å²) in [6.45, 7) is 6.53. The summed E-state index contributed by atoms with van der Waals surface area (Å²) in [5, 5.41) is 0.608. The number of Topliss-reactive ketones (excluding diaryl/α,β-unsaturated/α-hetero) is 1. The molecule has 0 N–H and O–H groups in total. The molecule has 5 heteroatoms. The minimum absolute atomic E-state index is 0.00721. The number of hydrogen-bond acceptors (Lipinski definition) is 3. The van der Waals surface area contributed by atoms with E-state index in [2.05, 4.69) is 11.8 Å². The molecular weight excluding hydrogens is 288 g/mol. The molecule has 0 aromatic heterocycles. The number of likely N-dealkylation sites (N-methyl/N-ethyl adjacent to an activating group) is 1. The van der Waals surface area contributed by atoms with Crippen LogP contribution in [0.4, 0.5) is 0 Å². The topological polar surface area (TPSA) is 40.6 Å². The molecule has 1 saturated heterocycles. The van der Waals surface area contributed by atoms with Crippen molar-refractivity contribution in [1.82, 2.24) is 9.80 Å². The molecule has 2 rings (SSSR count). The van der Waals surface area contributed by atoms with Gasteiger partial charge in [-0.05, 0) is 30.8 Å². The number of amides is 1. The van der Waals surface area contributed by atoms with Crippen LogP contribution in [0.15, 0.2) is 24.3 Å². The summed E-state index contributed by atoms with van der Waals surface area (Å²) in [5.74, 6) is 0.0697. The molecule has 4 nitrogen and oxygen atoms in total. The van der Waals surface area contributed by atoms with Gasteiger partial charge in [0, 0.05) is 49.6 Å². The van der Waals surface area contributed by atoms with Crippen molar-refractivity contribution in [1.29, 1.82) is 0 Å². The molecule has 1 aromatic carbocycles. The highest BCUT2D eigenvalue weighted by molar-refractivity contribution is 6.30. The van der Waals surface area contributed by atoms with Crippen molar-refractivity contribution in [3.05, 3.63) is 34.9 Å². The van der Waals surface area contributed by atoms with Crippen LogP contribution < -0.4 is 0 Å². The Hall–Kier alpha value is -1.39. The van der Waals surface area contributed by atoms with Gasteiger partial charge >= 0.3 is 0 Å². The fourth-order valence-electron chi connectivity index (χ4n) is 2.47. The summed E-state index contributed by atoms with van der Waals surface area (Å²) >= 11 is 5.79. The summed E-state index contributed by atoms with van der Waals surface area (Å²) in [5.41, 5.74) is 0.614. The Bertz CT molecular complexity index is 494. The number of benzene rings is 1. The lowest BCUT2D eigenvalue weighted by atomic mass is 10.1. The van der Waals surface area contributed by atoms with E-state index in [1.807, 2.05) is 4.90 Å². The standard InChI is InChI=1S/C16H21ClN2O2/c1-2-18-9-11-19(12-10-18)16(21)8-7-15(20)13-3-5-14(17)6-4-13/h3-6H,2,7-12H2,1H3. The Morgan fingerprint density at radius 3 is 2.24 bits per heavy atom. The van der Waals surface area contributed by atoms with Gasteiger partial charge in [0.2, 0.25) is 5.91 Å². The number of halogens is 1. The third-order valence-corrected chi connectivity index (χ3v) is 4.16. The molecular formula is C16H21ClN2O2. The van der Waals surface area contributed by atoms with Crippen LogP contribution in [0.25, 0.3) is 0 Å². The zero-order chi connectivity index (χ0) is 15.2. The third kappa shape index (κ3) is 4.55. The summed E-state index contributed by atoms with van der Waals surface area (Å²) in [6, 6.07) is 6.80. The number of rotatable bonds is 5. The molecule has 1 aromatic rings. The van der Waals surface area contributed by atoms with E-state index >= 15 is 0 Å². The summed E-state index contributed by atoms with van der Waals surface area (Å²) in [4.78, 5) is 28.3. The van der Waals surface area contributed by atoms with Crippen LogP contribution in [0.3, 0.4) is 0 Å². The van der Waals surface area contributed by atoms with Gasteiger partial charge in [-0.2, -0.15) is 0 Å². The average Bonchev–Trinajstić information content (AvgIpc) is 2.53. The predicted molar refractivity (Wildman–Crippen MR) is 83.7 cm³/mol. The molecule has 1 aliphatic heterocycles. The second-order valence-electron chi connectivity index (χ2n) is 5.25. The van der Waals surface area contributed by atoms with Gasteiger partial charge in [0.1, 0.15) is 0 Å². The number of carbonyl (C=O) groups is 2. The first-order valence-electron chi connectivity index (χ1n) is 7.39. The minimum Gasteiger partial charge on any atom is -0.340 e. The van der Waals surface area contributed by atoms with E-state index in [4.69, 9.17) is 11.6 Å². The third-order valence-electron chi connectivity index (χ3n) is 3.90. The van der Waals surface area contributed by atoms with Gasteiger partial charge in [-0.1, -0.05) is 18.5 Å². The molecule has 0 spiro atoms. The second kappa shape index (κ2) is 7.57. The number of nitrogens with zero attached hydrogens (tertiary/aromatic N) is 2. The van der Waals surface area contributed by atoms with Crippen molar-refractivity contribution in [2.45, 2.75) is 19.8 Å². The first-order valence-corrected chi connectivity index (χ1v) is 7.77. The maximum atomic E-state index is 12.1. The van der Waals surface area contributed by atoms with Crippen LogP contribution in [0.5, 0.6) is 0 Å². The van der Waals surface area contributed by atoms with E-state index in [-0.39, 0.29) is 24.5 Å². The van der Waals surface area contributed by atoms with Gasteiger partial charge in [-0.3, -0.25) is 9.59 Å². The van der Waals surface area contributed by atoms with E-state index in [0.29, 0.717) is 10.6 Å². The van der Waals surface area contributed by atoms with Crippen molar-refractivity contribution in [2.24, 2.45) is 0 Å². The van der Waals surface area contributed by atoms with Crippen molar-refractivity contribution in [2.75, 3.05) is 32.7 Å². The molecule has 0 unspecified atom stereocenters. The zero-order valence-electron chi connectivity index (χ0n) is 12.3. The molecule has 0 radical (unpaired) electrons. The maximum absolute atomic E-state index is 12.1. The van der Waals surface area contributed by atoms with Crippen molar-refractivity contribution >= 4 is 23.3 Å². The first-order chi connectivity index (χ1) is 10.1. The van der Waals surface area contributed by atoms with Crippen LogP contribution in [0.1, 0.15) is 30.1 Å². The van der Waals surface area contributed by atoms with Gasteiger partial charge < -0.3 is 9.80 Å². The molecule has 0 saturated carbocycles. The molecule has 21 heavy (non-hydrogen) atoms. The van der Waals surface area contributed by atoms with Crippen LogP contribution in [0.2, 0.25) is 5.02 Å². The summed E-state index contributed by atoms with van der Waals surface area (Å²) in [6.07, 6.45) is 0.544. The Balaban J connectivity index is 1.78. The highest BCUT2D eigenvalue weighted by Crippen LogP contribution is 2.13. The average molecular weight is 309 g/mol. The molecule has 1 fully saturated rings. The first kappa shape index (κ1) is 16.0. The SMILES string of the molecule is CCN1CCN(C(=O)CCC(=O)c2ccc(Cl)cc2)CC1. The van der Waals surface area contributed by atoms with E-state index in [1.54, 1.807) is 24.3 Å². The minimum atomic E-state index is -0.00721. The molecule has 0 bridgehead atoms. The van der Waals surface area contributed by atoms with Crippen LogP contribution in [-0.4, -0.2) is 54.2 Å². The maximum Gasteiger partial charge on any atom is 0.223 e. The molecule has 0 atom stereocenters. The van der Waals surface area contributed by atoms with Crippen molar-refractivity contribution < 1.29 is 9.59 Å². The zero-order valence-corrected chi connectivity index (χ0v) is 13.1.